The molecule has 22 heavy (non-hydrogen) atoms. The molecule has 0 bridgehead atoms. The number of rotatable bonds is 7. The van der Waals surface area contributed by atoms with E-state index in [2.05, 4.69) is 25.3 Å². The molecule has 1 N–H and O–H groups in total. The second kappa shape index (κ2) is 8.32. The highest BCUT2D eigenvalue weighted by Gasteiger charge is 2.24. The number of hydrogen-bond acceptors (Lipinski definition) is 4. The first-order valence-corrected chi connectivity index (χ1v) is 7.96. The molecule has 122 valence electrons. The normalized spacial score (nSPS) is 24.0. The number of para-hydroxylation sites is 1. The van der Waals surface area contributed by atoms with Crippen LogP contribution in [0.2, 0.25) is 0 Å². The molecule has 1 fully saturated rings. The molecule has 4 heteroatoms. The van der Waals surface area contributed by atoms with Crippen LogP contribution in [-0.2, 0) is 11.2 Å². The zero-order valence-corrected chi connectivity index (χ0v) is 13.6. The summed E-state index contributed by atoms with van der Waals surface area (Å²) >= 11 is 0. The first kappa shape index (κ1) is 17.0. The molecular weight excluding hydrogens is 278 g/mol. The van der Waals surface area contributed by atoms with Crippen LogP contribution in [-0.4, -0.2) is 54.6 Å². The van der Waals surface area contributed by atoms with Gasteiger partial charge >= 0.3 is 0 Å². The van der Waals surface area contributed by atoms with Crippen molar-refractivity contribution in [2.24, 2.45) is 0 Å². The molecule has 1 aliphatic heterocycles. The zero-order chi connectivity index (χ0) is 15.9. The third-order valence-corrected chi connectivity index (χ3v) is 3.73. The fourth-order valence-corrected chi connectivity index (χ4v) is 2.94. The molecule has 2 rings (SSSR count). The van der Waals surface area contributed by atoms with E-state index in [-0.39, 0.29) is 12.2 Å². The van der Waals surface area contributed by atoms with E-state index < -0.39 is 6.10 Å². The first-order chi connectivity index (χ1) is 10.6. The van der Waals surface area contributed by atoms with Crippen molar-refractivity contribution >= 4 is 0 Å². The topological polar surface area (TPSA) is 41.9 Å². The highest BCUT2D eigenvalue weighted by atomic mass is 16.5. The maximum atomic E-state index is 10.2. The number of allylic oxidation sites excluding steroid dienone is 1. The van der Waals surface area contributed by atoms with Crippen LogP contribution in [0.5, 0.6) is 5.75 Å². The first-order valence-electron chi connectivity index (χ1n) is 7.96. The van der Waals surface area contributed by atoms with Gasteiger partial charge in [0.2, 0.25) is 0 Å². The minimum absolute atomic E-state index is 0.213. The summed E-state index contributed by atoms with van der Waals surface area (Å²) in [4.78, 5) is 2.24. The highest BCUT2D eigenvalue weighted by molar-refractivity contribution is 5.34. The number of morpholine rings is 1. The lowest BCUT2D eigenvalue weighted by Crippen LogP contribution is -2.48. The lowest BCUT2D eigenvalue weighted by molar-refractivity contribution is -0.0786. The third-order valence-electron chi connectivity index (χ3n) is 3.73. The standard InChI is InChI=1S/C18H27NO3/c1-4-7-16-8-5-6-9-18(16)21-13-17(20)12-19-10-14(2)22-15(3)11-19/h4-6,8-9,14-15,17,20H,1,7,10-13H2,2-3H3/t14-,15-,17+/m1/s1. The van der Waals surface area contributed by atoms with Gasteiger partial charge in [-0.2, -0.15) is 0 Å². The van der Waals surface area contributed by atoms with E-state index >= 15 is 0 Å². The minimum atomic E-state index is -0.505. The van der Waals surface area contributed by atoms with Crippen LogP contribution in [0.3, 0.4) is 0 Å². The molecule has 0 radical (unpaired) electrons. The Morgan fingerprint density at radius 1 is 1.36 bits per heavy atom. The summed E-state index contributed by atoms with van der Waals surface area (Å²) in [6, 6.07) is 7.89. The fraction of sp³-hybridized carbons (Fsp3) is 0.556. The predicted octanol–water partition coefficient (Wildman–Crippen LogP) is 2.26. The SMILES string of the molecule is C=CCc1ccccc1OC[C@@H](O)CN1C[C@@H](C)O[C@H](C)C1. The van der Waals surface area contributed by atoms with Gasteiger partial charge in [0, 0.05) is 19.6 Å². The number of aliphatic hydroxyl groups excluding tert-OH is 1. The molecule has 0 unspecified atom stereocenters. The largest absolute Gasteiger partial charge is 0.491 e. The van der Waals surface area contributed by atoms with Crippen LogP contribution >= 0.6 is 0 Å². The second-order valence-electron chi connectivity index (χ2n) is 6.04. The van der Waals surface area contributed by atoms with Crippen molar-refractivity contribution in [2.45, 2.75) is 38.6 Å². The number of ether oxygens (including phenoxy) is 2. The maximum absolute atomic E-state index is 10.2. The molecule has 1 saturated heterocycles. The average molecular weight is 305 g/mol. The summed E-state index contributed by atoms with van der Waals surface area (Å²) in [5.74, 6) is 0.824. The van der Waals surface area contributed by atoms with Gasteiger partial charge in [0.05, 0.1) is 12.2 Å². The summed E-state index contributed by atoms with van der Waals surface area (Å²) in [7, 11) is 0. The van der Waals surface area contributed by atoms with Gasteiger partial charge in [-0.15, -0.1) is 6.58 Å². The second-order valence-corrected chi connectivity index (χ2v) is 6.04. The molecule has 1 aliphatic rings. The maximum Gasteiger partial charge on any atom is 0.122 e. The van der Waals surface area contributed by atoms with Gasteiger partial charge in [-0.05, 0) is 31.9 Å². The smallest absolute Gasteiger partial charge is 0.122 e. The lowest BCUT2D eigenvalue weighted by atomic mass is 10.1. The van der Waals surface area contributed by atoms with Crippen molar-refractivity contribution in [1.82, 2.24) is 4.90 Å². The summed E-state index contributed by atoms with van der Waals surface area (Å²) in [6.45, 7) is 10.5. The van der Waals surface area contributed by atoms with E-state index in [4.69, 9.17) is 9.47 Å². The molecule has 0 spiro atoms. The lowest BCUT2D eigenvalue weighted by Gasteiger charge is -2.36. The van der Waals surface area contributed by atoms with Gasteiger partial charge in [0.1, 0.15) is 18.5 Å². The molecule has 3 atom stereocenters. The van der Waals surface area contributed by atoms with E-state index in [9.17, 15) is 5.11 Å². The van der Waals surface area contributed by atoms with Crippen LogP contribution in [0, 0.1) is 0 Å². The van der Waals surface area contributed by atoms with E-state index in [1.807, 2.05) is 30.3 Å². The highest BCUT2D eigenvalue weighted by Crippen LogP contribution is 2.19. The zero-order valence-electron chi connectivity index (χ0n) is 13.6. The summed E-state index contributed by atoms with van der Waals surface area (Å²) in [5, 5.41) is 10.2. The Morgan fingerprint density at radius 3 is 2.73 bits per heavy atom. The van der Waals surface area contributed by atoms with Gasteiger partial charge in [0.25, 0.3) is 0 Å². The Morgan fingerprint density at radius 2 is 2.05 bits per heavy atom. The van der Waals surface area contributed by atoms with Gasteiger partial charge in [-0.25, -0.2) is 0 Å². The molecular formula is C18H27NO3. The molecule has 0 amide bonds. The van der Waals surface area contributed by atoms with Crippen LogP contribution in [0.25, 0.3) is 0 Å². The minimum Gasteiger partial charge on any atom is -0.491 e. The van der Waals surface area contributed by atoms with Crippen molar-refractivity contribution in [3.8, 4) is 5.75 Å². The van der Waals surface area contributed by atoms with E-state index in [1.54, 1.807) is 0 Å². The fourth-order valence-electron chi connectivity index (χ4n) is 2.94. The Labute approximate surface area is 133 Å². The monoisotopic (exact) mass is 305 g/mol. The van der Waals surface area contributed by atoms with Gasteiger partial charge in [-0.3, -0.25) is 4.90 Å². The van der Waals surface area contributed by atoms with Gasteiger partial charge in [-0.1, -0.05) is 24.3 Å². The van der Waals surface area contributed by atoms with Crippen LogP contribution in [0.4, 0.5) is 0 Å². The number of hydrogen-bond donors (Lipinski definition) is 1. The summed E-state index contributed by atoms with van der Waals surface area (Å²) in [6.07, 6.45) is 2.55. The Bertz CT molecular complexity index is 467. The predicted molar refractivity (Wildman–Crippen MR) is 88.3 cm³/mol. The number of β-amino-alcohol motifs (C(OH)–C–C–N with tert-alkyl or cyclic N) is 1. The van der Waals surface area contributed by atoms with Crippen LogP contribution in [0.1, 0.15) is 19.4 Å². The summed E-state index contributed by atoms with van der Waals surface area (Å²) < 4.78 is 11.5. The van der Waals surface area contributed by atoms with Crippen LogP contribution in [0.15, 0.2) is 36.9 Å². The molecule has 1 aromatic carbocycles. The van der Waals surface area contributed by atoms with Crippen molar-refractivity contribution in [3.05, 3.63) is 42.5 Å². The molecule has 0 saturated carbocycles. The van der Waals surface area contributed by atoms with Crippen molar-refractivity contribution in [3.63, 3.8) is 0 Å². The van der Waals surface area contributed by atoms with E-state index in [0.717, 1.165) is 30.8 Å². The van der Waals surface area contributed by atoms with E-state index in [0.29, 0.717) is 13.2 Å². The van der Waals surface area contributed by atoms with Crippen molar-refractivity contribution in [2.75, 3.05) is 26.2 Å². The van der Waals surface area contributed by atoms with Crippen molar-refractivity contribution in [1.29, 1.82) is 0 Å². The molecule has 4 nitrogen and oxygen atoms in total. The molecule has 1 heterocycles. The van der Waals surface area contributed by atoms with Crippen molar-refractivity contribution < 1.29 is 14.6 Å². The Kier molecular flexibility index (Phi) is 6.43. The number of nitrogens with zero attached hydrogens (tertiary/aromatic N) is 1. The number of aliphatic hydroxyl groups is 1. The third kappa shape index (κ3) is 5.13. The summed E-state index contributed by atoms with van der Waals surface area (Å²) in [5.41, 5.74) is 1.10. The molecule has 0 aromatic heterocycles. The Balaban J connectivity index is 1.82. The molecule has 0 aliphatic carbocycles. The van der Waals surface area contributed by atoms with Crippen LogP contribution < -0.4 is 4.74 Å². The Hall–Kier alpha value is -1.36. The van der Waals surface area contributed by atoms with Gasteiger partial charge in [0.15, 0.2) is 0 Å². The number of benzene rings is 1. The average Bonchev–Trinajstić information content (AvgIpc) is 2.45. The quantitative estimate of drug-likeness (QED) is 0.785. The van der Waals surface area contributed by atoms with E-state index in [1.165, 1.54) is 0 Å². The van der Waals surface area contributed by atoms with Gasteiger partial charge < -0.3 is 14.6 Å². The molecule has 1 aromatic rings.